The zero-order valence-corrected chi connectivity index (χ0v) is 15.2. The van der Waals surface area contributed by atoms with Crippen LogP contribution in [0.3, 0.4) is 0 Å². The fourth-order valence-electron chi connectivity index (χ4n) is 4.46. The van der Waals surface area contributed by atoms with Crippen molar-refractivity contribution in [2.75, 3.05) is 46.1 Å². The maximum absolute atomic E-state index is 6.09. The van der Waals surface area contributed by atoms with E-state index in [1.807, 2.05) is 6.26 Å². The number of likely N-dealkylation sites (tertiary alicyclic amines) is 1. The van der Waals surface area contributed by atoms with E-state index in [2.05, 4.69) is 11.0 Å². The van der Waals surface area contributed by atoms with Crippen molar-refractivity contribution >= 4 is 0 Å². The van der Waals surface area contributed by atoms with Crippen molar-refractivity contribution in [1.82, 2.24) is 4.90 Å². The van der Waals surface area contributed by atoms with E-state index in [1.54, 1.807) is 6.26 Å². The average molecular weight is 349 g/mol. The smallest absolute Gasteiger partial charge is 0.0947 e. The molecule has 0 aliphatic carbocycles. The Morgan fingerprint density at radius 2 is 2.00 bits per heavy atom. The fourth-order valence-corrected chi connectivity index (χ4v) is 4.46. The summed E-state index contributed by atoms with van der Waals surface area (Å²) in [4.78, 5) is 2.53. The van der Waals surface area contributed by atoms with Crippen LogP contribution in [-0.4, -0.2) is 57.1 Å². The van der Waals surface area contributed by atoms with Gasteiger partial charge < -0.3 is 18.6 Å². The monoisotopic (exact) mass is 349 g/mol. The predicted octanol–water partition coefficient (Wildman–Crippen LogP) is 3.09. The molecule has 4 rings (SSSR count). The molecule has 3 aliphatic rings. The lowest BCUT2D eigenvalue weighted by atomic mass is 9.76. The third kappa shape index (κ3) is 4.64. The Balaban J connectivity index is 1.16. The number of nitrogens with zero attached hydrogens (tertiary/aromatic N) is 1. The number of piperidine rings is 1. The normalized spacial score (nSPS) is 27.9. The van der Waals surface area contributed by atoms with Crippen LogP contribution in [0.2, 0.25) is 0 Å². The highest BCUT2D eigenvalue weighted by Gasteiger charge is 2.42. The van der Waals surface area contributed by atoms with Gasteiger partial charge in [0.15, 0.2) is 0 Å². The third-order valence-corrected chi connectivity index (χ3v) is 6.19. The van der Waals surface area contributed by atoms with Crippen molar-refractivity contribution in [3.63, 3.8) is 0 Å². The number of furan rings is 1. The zero-order valence-electron chi connectivity index (χ0n) is 15.2. The maximum Gasteiger partial charge on any atom is 0.0947 e. The SMILES string of the molecule is c1cc(CN2CCC3(CC2)CO[C@@H](COCC2CCOCC2)C3)co1. The molecule has 4 heterocycles. The van der Waals surface area contributed by atoms with E-state index in [1.165, 1.54) is 24.8 Å². The first-order valence-electron chi connectivity index (χ1n) is 9.82. The Labute approximate surface area is 150 Å². The van der Waals surface area contributed by atoms with Crippen molar-refractivity contribution in [2.24, 2.45) is 11.3 Å². The molecule has 140 valence electrons. The Hall–Kier alpha value is -0.880. The molecular formula is C20H31NO4. The largest absolute Gasteiger partial charge is 0.472 e. The van der Waals surface area contributed by atoms with E-state index >= 15 is 0 Å². The lowest BCUT2D eigenvalue weighted by molar-refractivity contribution is -0.0183. The van der Waals surface area contributed by atoms with Crippen LogP contribution in [0, 0.1) is 11.3 Å². The topological polar surface area (TPSA) is 44.1 Å². The summed E-state index contributed by atoms with van der Waals surface area (Å²) in [6, 6.07) is 2.06. The van der Waals surface area contributed by atoms with E-state index in [0.29, 0.717) is 17.4 Å². The van der Waals surface area contributed by atoms with Crippen LogP contribution in [0.1, 0.15) is 37.7 Å². The number of rotatable bonds is 6. The number of ether oxygens (including phenoxy) is 3. The molecule has 5 heteroatoms. The second-order valence-electron chi connectivity index (χ2n) is 8.14. The molecule has 0 saturated carbocycles. The first kappa shape index (κ1) is 17.5. The first-order valence-corrected chi connectivity index (χ1v) is 9.82. The summed E-state index contributed by atoms with van der Waals surface area (Å²) in [5.41, 5.74) is 1.66. The molecule has 0 amide bonds. The molecule has 0 aromatic carbocycles. The van der Waals surface area contributed by atoms with E-state index in [-0.39, 0.29) is 0 Å². The molecule has 0 radical (unpaired) electrons. The van der Waals surface area contributed by atoms with Crippen LogP contribution in [0.5, 0.6) is 0 Å². The van der Waals surface area contributed by atoms with E-state index in [4.69, 9.17) is 18.6 Å². The molecule has 1 spiro atoms. The van der Waals surface area contributed by atoms with Crippen molar-refractivity contribution in [3.8, 4) is 0 Å². The van der Waals surface area contributed by atoms with Gasteiger partial charge in [0.05, 0.1) is 31.8 Å². The van der Waals surface area contributed by atoms with Crippen LogP contribution in [0.25, 0.3) is 0 Å². The minimum atomic E-state index is 0.292. The highest BCUT2D eigenvalue weighted by molar-refractivity contribution is 5.05. The summed E-state index contributed by atoms with van der Waals surface area (Å²) in [7, 11) is 0. The van der Waals surface area contributed by atoms with E-state index in [9.17, 15) is 0 Å². The number of hydrogen-bond donors (Lipinski definition) is 0. The van der Waals surface area contributed by atoms with Gasteiger partial charge in [0.25, 0.3) is 0 Å². The molecule has 3 aliphatic heterocycles. The van der Waals surface area contributed by atoms with Crippen LogP contribution < -0.4 is 0 Å². The molecule has 5 nitrogen and oxygen atoms in total. The van der Waals surface area contributed by atoms with Gasteiger partial charge in [-0.25, -0.2) is 0 Å². The Morgan fingerprint density at radius 1 is 1.16 bits per heavy atom. The average Bonchev–Trinajstić information content (AvgIpc) is 3.29. The van der Waals surface area contributed by atoms with Crippen LogP contribution in [0.15, 0.2) is 23.0 Å². The van der Waals surface area contributed by atoms with Crippen molar-refractivity contribution in [1.29, 1.82) is 0 Å². The second-order valence-corrected chi connectivity index (χ2v) is 8.14. The Bertz CT molecular complexity index is 504. The van der Waals surface area contributed by atoms with Gasteiger partial charge in [-0.05, 0) is 62.6 Å². The Morgan fingerprint density at radius 3 is 2.76 bits per heavy atom. The van der Waals surface area contributed by atoms with Gasteiger partial charge in [-0.15, -0.1) is 0 Å². The molecular weight excluding hydrogens is 318 g/mol. The van der Waals surface area contributed by atoms with Gasteiger partial charge in [0.1, 0.15) is 0 Å². The predicted molar refractivity (Wildman–Crippen MR) is 94.4 cm³/mol. The number of hydrogen-bond acceptors (Lipinski definition) is 5. The lowest BCUT2D eigenvalue weighted by Gasteiger charge is -2.38. The summed E-state index contributed by atoms with van der Waals surface area (Å²) in [5, 5.41) is 0. The van der Waals surface area contributed by atoms with Gasteiger partial charge in [0, 0.05) is 31.9 Å². The standard InChI is InChI=1S/C20H31NO4/c1-8-22-9-2-17(1)13-24-15-19-11-20(16-25-19)4-6-21(7-5-20)12-18-3-10-23-14-18/h3,10,14,17,19H,1-2,4-9,11-13,15-16H2/t19-/m1/s1. The van der Waals surface area contributed by atoms with Gasteiger partial charge >= 0.3 is 0 Å². The molecule has 25 heavy (non-hydrogen) atoms. The van der Waals surface area contributed by atoms with Crippen molar-refractivity contribution in [2.45, 2.75) is 44.8 Å². The summed E-state index contributed by atoms with van der Waals surface area (Å²) in [5.74, 6) is 0.676. The molecule has 1 atom stereocenters. The second kappa shape index (κ2) is 8.21. The zero-order chi connectivity index (χ0) is 17.0. The maximum atomic E-state index is 6.09. The summed E-state index contributed by atoms with van der Waals surface area (Å²) in [6.45, 7) is 7.66. The van der Waals surface area contributed by atoms with Gasteiger partial charge in [-0.3, -0.25) is 4.90 Å². The molecule has 0 N–H and O–H groups in total. The molecule has 3 saturated heterocycles. The minimum Gasteiger partial charge on any atom is -0.472 e. The van der Waals surface area contributed by atoms with E-state index in [0.717, 1.165) is 65.5 Å². The highest BCUT2D eigenvalue weighted by Crippen LogP contribution is 2.42. The van der Waals surface area contributed by atoms with Crippen LogP contribution in [0.4, 0.5) is 0 Å². The van der Waals surface area contributed by atoms with Crippen molar-refractivity contribution in [3.05, 3.63) is 24.2 Å². The minimum absolute atomic E-state index is 0.292. The molecule has 1 aromatic heterocycles. The van der Waals surface area contributed by atoms with Gasteiger partial charge in [-0.2, -0.15) is 0 Å². The Kier molecular flexibility index (Phi) is 5.76. The van der Waals surface area contributed by atoms with Crippen LogP contribution in [-0.2, 0) is 20.8 Å². The van der Waals surface area contributed by atoms with Gasteiger partial charge in [-0.1, -0.05) is 0 Å². The highest BCUT2D eigenvalue weighted by atomic mass is 16.5. The lowest BCUT2D eigenvalue weighted by Crippen LogP contribution is -2.40. The molecule has 0 unspecified atom stereocenters. The summed E-state index contributed by atoms with van der Waals surface area (Å²) < 4.78 is 22.7. The first-order chi connectivity index (χ1) is 12.3. The fraction of sp³-hybridized carbons (Fsp3) is 0.800. The molecule has 0 bridgehead atoms. The molecule has 1 aromatic rings. The van der Waals surface area contributed by atoms with Gasteiger partial charge in [0.2, 0.25) is 0 Å². The third-order valence-electron chi connectivity index (χ3n) is 6.19. The summed E-state index contributed by atoms with van der Waals surface area (Å²) in [6.07, 6.45) is 9.83. The van der Waals surface area contributed by atoms with E-state index < -0.39 is 0 Å². The summed E-state index contributed by atoms with van der Waals surface area (Å²) >= 11 is 0. The van der Waals surface area contributed by atoms with Crippen molar-refractivity contribution < 1.29 is 18.6 Å². The van der Waals surface area contributed by atoms with Crippen LogP contribution >= 0.6 is 0 Å². The quantitative estimate of drug-likeness (QED) is 0.790. The molecule has 3 fully saturated rings.